The molecule has 0 saturated heterocycles. The second kappa shape index (κ2) is 10.4. The molecule has 5 nitrogen and oxygen atoms in total. The van der Waals surface area contributed by atoms with E-state index in [0.717, 1.165) is 16.9 Å². The normalized spacial score (nSPS) is 11.5. The largest absolute Gasteiger partial charge is 0.494 e. The van der Waals surface area contributed by atoms with Gasteiger partial charge in [0.2, 0.25) is 0 Å². The van der Waals surface area contributed by atoms with Crippen molar-refractivity contribution in [1.82, 2.24) is 5.32 Å². The number of carbonyl (C=O) groups is 2. The van der Waals surface area contributed by atoms with Gasteiger partial charge in [-0.1, -0.05) is 43.3 Å². The Morgan fingerprint density at radius 3 is 2.41 bits per heavy atom. The van der Waals surface area contributed by atoms with Crippen LogP contribution in [0, 0.1) is 0 Å². The summed E-state index contributed by atoms with van der Waals surface area (Å²) < 4.78 is 10.7. The Labute approximate surface area is 174 Å². The average Bonchev–Trinajstić information content (AvgIpc) is 3.30. The first kappa shape index (κ1) is 20.6. The predicted molar refractivity (Wildman–Crippen MR) is 113 cm³/mol. The highest BCUT2D eigenvalue weighted by Gasteiger charge is 2.19. The van der Waals surface area contributed by atoms with Crippen LogP contribution in [-0.4, -0.2) is 25.1 Å². The number of esters is 1. The summed E-state index contributed by atoms with van der Waals surface area (Å²) in [6, 6.07) is 20.0. The lowest BCUT2D eigenvalue weighted by Crippen LogP contribution is -2.32. The molecule has 0 aliphatic heterocycles. The lowest BCUT2D eigenvalue weighted by molar-refractivity contribution is -0.124. The van der Waals surface area contributed by atoms with Crippen LogP contribution in [0.1, 0.15) is 40.2 Å². The molecule has 0 saturated carbocycles. The van der Waals surface area contributed by atoms with Crippen LogP contribution in [0.25, 0.3) is 0 Å². The van der Waals surface area contributed by atoms with E-state index >= 15 is 0 Å². The molecule has 0 fully saturated rings. The number of rotatable bonds is 9. The number of amides is 1. The second-order valence-electron chi connectivity index (χ2n) is 6.38. The highest BCUT2D eigenvalue weighted by Crippen LogP contribution is 2.25. The van der Waals surface area contributed by atoms with Crippen molar-refractivity contribution in [3.63, 3.8) is 0 Å². The molecule has 3 rings (SSSR count). The lowest BCUT2D eigenvalue weighted by atomic mass is 10.1. The van der Waals surface area contributed by atoms with Crippen LogP contribution in [0.3, 0.4) is 0 Å². The maximum absolute atomic E-state index is 12.4. The monoisotopic (exact) mass is 409 g/mol. The molecule has 1 heterocycles. The van der Waals surface area contributed by atoms with Crippen LogP contribution in [0.15, 0.2) is 72.1 Å². The minimum absolute atomic E-state index is 0.280. The molecule has 3 aromatic rings. The predicted octanol–water partition coefficient (Wildman–Crippen LogP) is 4.60. The highest BCUT2D eigenvalue weighted by molar-refractivity contribution is 7.10. The number of hydrogen-bond donors (Lipinski definition) is 1. The molecule has 1 aromatic heterocycles. The number of nitrogens with one attached hydrogen (secondary N) is 1. The standard InChI is InChI=1S/C23H23NO4S/c1-2-14-27-19-12-10-18(11-13-19)23(26)28-16-21(25)24-22(20-9-6-15-29-20)17-7-4-3-5-8-17/h3-13,15,22H,2,14,16H2,1H3,(H,24,25)/t22-/m1/s1. The van der Waals surface area contributed by atoms with Crippen LogP contribution in [0.4, 0.5) is 0 Å². The van der Waals surface area contributed by atoms with Gasteiger partial charge in [-0.2, -0.15) is 0 Å². The summed E-state index contributed by atoms with van der Waals surface area (Å²) in [4.78, 5) is 25.7. The zero-order valence-electron chi connectivity index (χ0n) is 16.2. The van der Waals surface area contributed by atoms with Gasteiger partial charge in [0.15, 0.2) is 6.61 Å². The van der Waals surface area contributed by atoms with Gasteiger partial charge in [-0.15, -0.1) is 11.3 Å². The fourth-order valence-electron chi connectivity index (χ4n) is 2.74. The Kier molecular flexibility index (Phi) is 7.41. The van der Waals surface area contributed by atoms with E-state index in [1.807, 2.05) is 54.8 Å². The van der Waals surface area contributed by atoms with Crippen LogP contribution >= 0.6 is 11.3 Å². The van der Waals surface area contributed by atoms with Crippen LogP contribution in [-0.2, 0) is 9.53 Å². The minimum Gasteiger partial charge on any atom is -0.494 e. The molecule has 0 aliphatic rings. The molecule has 0 aliphatic carbocycles. The van der Waals surface area contributed by atoms with Gasteiger partial charge in [0.25, 0.3) is 5.91 Å². The Morgan fingerprint density at radius 2 is 1.76 bits per heavy atom. The fourth-order valence-corrected chi connectivity index (χ4v) is 3.55. The van der Waals surface area contributed by atoms with E-state index in [2.05, 4.69) is 5.32 Å². The first-order valence-corrected chi connectivity index (χ1v) is 10.3. The van der Waals surface area contributed by atoms with Crippen LogP contribution in [0.2, 0.25) is 0 Å². The Morgan fingerprint density at radius 1 is 1.00 bits per heavy atom. The van der Waals surface area contributed by atoms with Gasteiger partial charge in [-0.3, -0.25) is 4.79 Å². The van der Waals surface area contributed by atoms with Gasteiger partial charge in [0, 0.05) is 4.88 Å². The summed E-state index contributed by atoms with van der Waals surface area (Å²) in [6.45, 7) is 2.30. The molecule has 2 aromatic carbocycles. The first-order chi connectivity index (χ1) is 14.2. The number of benzene rings is 2. The van der Waals surface area contributed by atoms with Crippen LogP contribution in [0.5, 0.6) is 5.75 Å². The summed E-state index contributed by atoms with van der Waals surface area (Å²) in [7, 11) is 0. The number of ether oxygens (including phenoxy) is 2. The molecule has 0 bridgehead atoms. The lowest BCUT2D eigenvalue weighted by Gasteiger charge is -2.18. The summed E-state index contributed by atoms with van der Waals surface area (Å²) in [5.74, 6) is -0.208. The molecule has 0 unspecified atom stereocenters. The highest BCUT2D eigenvalue weighted by atomic mass is 32.1. The third-order valence-corrected chi connectivity index (χ3v) is 5.10. The number of thiophene rings is 1. The van der Waals surface area contributed by atoms with E-state index in [4.69, 9.17) is 9.47 Å². The second-order valence-corrected chi connectivity index (χ2v) is 7.35. The fraction of sp³-hybridized carbons (Fsp3) is 0.217. The summed E-state index contributed by atoms with van der Waals surface area (Å²) >= 11 is 1.56. The first-order valence-electron chi connectivity index (χ1n) is 9.45. The molecular formula is C23H23NO4S. The molecule has 150 valence electrons. The van der Waals surface area contributed by atoms with Gasteiger partial charge in [0.05, 0.1) is 18.2 Å². The molecule has 29 heavy (non-hydrogen) atoms. The third-order valence-electron chi connectivity index (χ3n) is 4.16. The number of hydrogen-bond acceptors (Lipinski definition) is 5. The Hall–Kier alpha value is -3.12. The van der Waals surface area contributed by atoms with Gasteiger partial charge in [-0.25, -0.2) is 4.79 Å². The van der Waals surface area contributed by atoms with E-state index in [0.29, 0.717) is 17.9 Å². The van der Waals surface area contributed by atoms with Crippen molar-refractivity contribution in [1.29, 1.82) is 0 Å². The molecule has 1 atom stereocenters. The smallest absolute Gasteiger partial charge is 0.338 e. The SMILES string of the molecule is CCCOc1ccc(C(=O)OCC(=O)N[C@H](c2ccccc2)c2cccs2)cc1. The Bertz CT molecular complexity index is 908. The molecule has 1 N–H and O–H groups in total. The van der Waals surface area contributed by atoms with Crippen molar-refractivity contribution < 1.29 is 19.1 Å². The molecule has 0 spiro atoms. The summed E-state index contributed by atoms with van der Waals surface area (Å²) in [5, 5.41) is 4.91. The van der Waals surface area contributed by atoms with E-state index < -0.39 is 5.97 Å². The third kappa shape index (κ3) is 5.93. The van der Waals surface area contributed by atoms with Crippen molar-refractivity contribution in [2.24, 2.45) is 0 Å². The minimum atomic E-state index is -0.547. The van der Waals surface area contributed by atoms with Gasteiger partial charge in [0.1, 0.15) is 5.75 Å². The molecule has 1 amide bonds. The van der Waals surface area contributed by atoms with Crippen molar-refractivity contribution in [3.05, 3.63) is 88.1 Å². The van der Waals surface area contributed by atoms with E-state index in [1.165, 1.54) is 0 Å². The quantitative estimate of drug-likeness (QED) is 0.525. The van der Waals surface area contributed by atoms with E-state index in [1.54, 1.807) is 35.6 Å². The molecule has 0 radical (unpaired) electrons. The maximum Gasteiger partial charge on any atom is 0.338 e. The van der Waals surface area contributed by atoms with Crippen LogP contribution < -0.4 is 10.1 Å². The average molecular weight is 410 g/mol. The molecular weight excluding hydrogens is 386 g/mol. The number of carbonyl (C=O) groups excluding carboxylic acids is 2. The summed E-state index contributed by atoms with van der Waals surface area (Å²) in [6.07, 6.45) is 0.911. The Balaban J connectivity index is 1.57. The van der Waals surface area contributed by atoms with Gasteiger partial charge in [-0.05, 0) is 47.7 Å². The topological polar surface area (TPSA) is 64.6 Å². The van der Waals surface area contributed by atoms with E-state index in [9.17, 15) is 9.59 Å². The zero-order chi connectivity index (χ0) is 20.5. The zero-order valence-corrected chi connectivity index (χ0v) is 17.0. The van der Waals surface area contributed by atoms with E-state index in [-0.39, 0.29) is 18.6 Å². The van der Waals surface area contributed by atoms with Crippen molar-refractivity contribution in [2.75, 3.05) is 13.2 Å². The summed E-state index contributed by atoms with van der Waals surface area (Å²) in [5.41, 5.74) is 1.34. The van der Waals surface area contributed by atoms with Crippen molar-refractivity contribution >= 4 is 23.2 Å². The molecule has 6 heteroatoms. The van der Waals surface area contributed by atoms with Crippen molar-refractivity contribution in [3.8, 4) is 5.75 Å². The maximum atomic E-state index is 12.4. The van der Waals surface area contributed by atoms with Crippen molar-refractivity contribution in [2.45, 2.75) is 19.4 Å². The van der Waals surface area contributed by atoms with Gasteiger partial charge >= 0.3 is 5.97 Å². The van der Waals surface area contributed by atoms with Gasteiger partial charge < -0.3 is 14.8 Å².